The summed E-state index contributed by atoms with van der Waals surface area (Å²) in [7, 11) is 0. The lowest BCUT2D eigenvalue weighted by Crippen LogP contribution is -2.13. The molecule has 0 fully saturated rings. The van der Waals surface area contributed by atoms with Gasteiger partial charge >= 0.3 is 0 Å². The van der Waals surface area contributed by atoms with Crippen LogP contribution in [0.15, 0.2) is 18.2 Å². The smallest absolute Gasteiger partial charge is 0.126 e. The quantitative estimate of drug-likeness (QED) is 0.832. The van der Waals surface area contributed by atoms with Crippen LogP contribution in [0.5, 0.6) is 0 Å². The van der Waals surface area contributed by atoms with Crippen molar-refractivity contribution in [2.24, 2.45) is 5.73 Å². The van der Waals surface area contributed by atoms with Gasteiger partial charge < -0.3 is 5.73 Å². The first-order chi connectivity index (χ1) is 6.65. The zero-order chi connectivity index (χ0) is 10.6. The van der Waals surface area contributed by atoms with Crippen LogP contribution in [0, 0.1) is 12.7 Å². The van der Waals surface area contributed by atoms with Crippen molar-refractivity contribution in [3.63, 3.8) is 0 Å². The summed E-state index contributed by atoms with van der Waals surface area (Å²) < 4.78 is 13.2. The molecule has 0 aliphatic carbocycles. The van der Waals surface area contributed by atoms with E-state index in [0.717, 1.165) is 17.1 Å². The number of rotatable bonds is 4. The van der Waals surface area contributed by atoms with Gasteiger partial charge in [-0.25, -0.2) is 4.39 Å². The second-order valence-corrected chi connectivity index (χ2v) is 4.59. The lowest BCUT2D eigenvalue weighted by molar-refractivity contribution is 0.613. The number of halogens is 1. The second kappa shape index (κ2) is 5.37. The van der Waals surface area contributed by atoms with Crippen molar-refractivity contribution in [3.8, 4) is 0 Å². The summed E-state index contributed by atoms with van der Waals surface area (Å²) in [6.07, 6.45) is 0. The van der Waals surface area contributed by atoms with Gasteiger partial charge in [0, 0.05) is 11.8 Å². The maximum Gasteiger partial charge on any atom is 0.126 e. The van der Waals surface area contributed by atoms with Gasteiger partial charge in [0.2, 0.25) is 0 Å². The minimum Gasteiger partial charge on any atom is -0.323 e. The van der Waals surface area contributed by atoms with Crippen LogP contribution < -0.4 is 5.73 Å². The Kier molecular flexibility index (Phi) is 4.42. The van der Waals surface area contributed by atoms with Crippen molar-refractivity contribution in [1.82, 2.24) is 0 Å². The van der Waals surface area contributed by atoms with E-state index in [2.05, 4.69) is 6.92 Å². The maximum atomic E-state index is 13.2. The average Bonchev–Trinajstić information content (AvgIpc) is 2.18. The first-order valence-electron chi connectivity index (χ1n) is 4.74. The third-order valence-corrected chi connectivity index (χ3v) is 3.13. The molecule has 0 aliphatic rings. The van der Waals surface area contributed by atoms with E-state index in [1.807, 2.05) is 6.07 Å². The molecule has 1 atom stereocenters. The van der Waals surface area contributed by atoms with E-state index in [1.54, 1.807) is 24.8 Å². The van der Waals surface area contributed by atoms with Crippen LogP contribution in [-0.4, -0.2) is 11.5 Å². The Bertz CT molecular complexity index is 301. The summed E-state index contributed by atoms with van der Waals surface area (Å²) in [5, 5.41) is 0. The highest BCUT2D eigenvalue weighted by Crippen LogP contribution is 2.18. The first-order valence-corrected chi connectivity index (χ1v) is 5.90. The van der Waals surface area contributed by atoms with Crippen LogP contribution in [0.2, 0.25) is 0 Å². The molecule has 1 nitrogen and oxygen atoms in total. The van der Waals surface area contributed by atoms with Gasteiger partial charge in [-0.1, -0.05) is 19.1 Å². The Balaban J connectivity index is 2.70. The van der Waals surface area contributed by atoms with E-state index in [-0.39, 0.29) is 11.9 Å². The first kappa shape index (κ1) is 11.5. The largest absolute Gasteiger partial charge is 0.323 e. The number of hydrogen-bond acceptors (Lipinski definition) is 2. The van der Waals surface area contributed by atoms with Crippen molar-refractivity contribution in [2.75, 3.05) is 11.5 Å². The van der Waals surface area contributed by atoms with Crippen LogP contribution >= 0.6 is 11.8 Å². The molecular weight excluding hydrogens is 197 g/mol. The van der Waals surface area contributed by atoms with Crippen LogP contribution in [0.3, 0.4) is 0 Å². The van der Waals surface area contributed by atoms with E-state index in [9.17, 15) is 4.39 Å². The van der Waals surface area contributed by atoms with Crippen molar-refractivity contribution in [1.29, 1.82) is 0 Å². The summed E-state index contributed by atoms with van der Waals surface area (Å²) in [4.78, 5) is 0. The Morgan fingerprint density at radius 1 is 1.50 bits per heavy atom. The highest BCUT2D eigenvalue weighted by atomic mass is 32.2. The molecule has 3 heteroatoms. The molecule has 1 unspecified atom stereocenters. The monoisotopic (exact) mass is 213 g/mol. The number of thioether (sulfide) groups is 1. The molecule has 0 saturated carbocycles. The van der Waals surface area contributed by atoms with Gasteiger partial charge in [-0.3, -0.25) is 0 Å². The lowest BCUT2D eigenvalue weighted by atomic mass is 10.1. The minimum absolute atomic E-state index is 0.0601. The third kappa shape index (κ3) is 3.00. The summed E-state index contributed by atoms with van der Waals surface area (Å²) in [6.45, 7) is 3.85. The zero-order valence-corrected chi connectivity index (χ0v) is 9.40. The molecule has 0 saturated heterocycles. The van der Waals surface area contributed by atoms with Crippen LogP contribution in [0.4, 0.5) is 4.39 Å². The fourth-order valence-electron chi connectivity index (χ4n) is 1.18. The predicted octanol–water partition coefficient (Wildman–Crippen LogP) is 2.89. The molecule has 0 bridgehead atoms. The third-order valence-electron chi connectivity index (χ3n) is 2.13. The molecule has 0 aromatic heterocycles. The van der Waals surface area contributed by atoms with Crippen molar-refractivity contribution < 1.29 is 4.39 Å². The van der Waals surface area contributed by atoms with E-state index in [4.69, 9.17) is 5.73 Å². The molecule has 78 valence electrons. The predicted molar refractivity (Wildman–Crippen MR) is 61.1 cm³/mol. The molecule has 0 heterocycles. The summed E-state index contributed by atoms with van der Waals surface area (Å²) in [5.74, 6) is 1.72. The van der Waals surface area contributed by atoms with Gasteiger partial charge in [0.1, 0.15) is 5.82 Å². The maximum absolute atomic E-state index is 13.2. The van der Waals surface area contributed by atoms with Crippen molar-refractivity contribution in [2.45, 2.75) is 19.9 Å². The Morgan fingerprint density at radius 3 is 2.79 bits per heavy atom. The zero-order valence-electron chi connectivity index (χ0n) is 8.59. The number of aryl methyl sites for hydroxylation is 1. The summed E-state index contributed by atoms with van der Waals surface area (Å²) in [5.41, 5.74) is 7.47. The molecule has 1 rings (SSSR count). The number of nitrogens with two attached hydrogens (primary N) is 1. The number of hydrogen-bond donors (Lipinski definition) is 1. The SMILES string of the molecule is CCSCC(N)c1ccc(C)c(F)c1. The fraction of sp³-hybridized carbons (Fsp3) is 0.455. The normalized spacial score (nSPS) is 12.9. The van der Waals surface area contributed by atoms with Gasteiger partial charge in [-0.05, 0) is 29.9 Å². The van der Waals surface area contributed by atoms with Crippen LogP contribution in [0.25, 0.3) is 0 Å². The topological polar surface area (TPSA) is 26.0 Å². The van der Waals surface area contributed by atoms with Gasteiger partial charge in [-0.2, -0.15) is 11.8 Å². The number of benzene rings is 1. The van der Waals surface area contributed by atoms with E-state index in [1.165, 1.54) is 6.07 Å². The van der Waals surface area contributed by atoms with E-state index < -0.39 is 0 Å². The molecule has 0 aliphatic heterocycles. The summed E-state index contributed by atoms with van der Waals surface area (Å²) >= 11 is 1.77. The van der Waals surface area contributed by atoms with Gasteiger partial charge in [-0.15, -0.1) is 0 Å². The molecular formula is C11H16FNS. The molecule has 2 N–H and O–H groups in total. The molecule has 1 aromatic rings. The highest BCUT2D eigenvalue weighted by molar-refractivity contribution is 7.99. The molecule has 1 aromatic carbocycles. The molecule has 0 radical (unpaired) electrons. The van der Waals surface area contributed by atoms with Gasteiger partial charge in [0.05, 0.1) is 0 Å². The van der Waals surface area contributed by atoms with E-state index >= 15 is 0 Å². The molecule has 0 amide bonds. The summed E-state index contributed by atoms with van der Waals surface area (Å²) in [6, 6.07) is 5.16. The molecule has 0 spiro atoms. The Hall–Kier alpha value is -0.540. The van der Waals surface area contributed by atoms with Crippen molar-refractivity contribution in [3.05, 3.63) is 35.1 Å². The Labute approximate surface area is 88.9 Å². The van der Waals surface area contributed by atoms with E-state index in [0.29, 0.717) is 5.56 Å². The van der Waals surface area contributed by atoms with Crippen LogP contribution in [-0.2, 0) is 0 Å². The highest BCUT2D eigenvalue weighted by Gasteiger charge is 2.07. The van der Waals surface area contributed by atoms with Crippen LogP contribution in [0.1, 0.15) is 24.1 Å². The van der Waals surface area contributed by atoms with Crippen molar-refractivity contribution >= 4 is 11.8 Å². The van der Waals surface area contributed by atoms with Gasteiger partial charge in [0.25, 0.3) is 0 Å². The fourth-order valence-corrected chi connectivity index (χ4v) is 1.86. The second-order valence-electron chi connectivity index (χ2n) is 3.27. The minimum atomic E-state index is -0.167. The Morgan fingerprint density at radius 2 is 2.21 bits per heavy atom. The standard InChI is InChI=1S/C11H16FNS/c1-3-14-7-11(13)9-5-4-8(2)10(12)6-9/h4-6,11H,3,7,13H2,1-2H3. The lowest BCUT2D eigenvalue weighted by Gasteiger charge is -2.11. The molecule has 14 heavy (non-hydrogen) atoms. The average molecular weight is 213 g/mol. The van der Waals surface area contributed by atoms with Gasteiger partial charge in [0.15, 0.2) is 0 Å².